The lowest BCUT2D eigenvalue weighted by Crippen LogP contribution is -2.29. The standard InChI is InChI=1S/C19H16ClN3O2S/c1-11-5-8-16(25-11)18-17(13-4-2-3-9-21-13)22-19(26)23(18)14-10-12(20)6-7-15(14)24/h2-10,17-18,24H,1H3,(H,22,26)/t17-,18+/m0/s1. The average molecular weight is 386 g/mol. The number of phenolic OH excluding ortho intramolecular Hbond substituents is 1. The average Bonchev–Trinajstić information content (AvgIpc) is 3.21. The molecule has 3 heterocycles. The molecule has 5 nitrogen and oxygen atoms in total. The summed E-state index contributed by atoms with van der Waals surface area (Å²) in [5.41, 5.74) is 1.35. The van der Waals surface area contributed by atoms with E-state index in [2.05, 4.69) is 10.3 Å². The zero-order valence-corrected chi connectivity index (χ0v) is 15.5. The number of nitrogens with one attached hydrogen (secondary N) is 1. The van der Waals surface area contributed by atoms with Crippen LogP contribution in [0.5, 0.6) is 5.75 Å². The van der Waals surface area contributed by atoms with E-state index in [1.54, 1.807) is 24.4 Å². The highest BCUT2D eigenvalue weighted by atomic mass is 35.5. The molecule has 0 aliphatic carbocycles. The maximum Gasteiger partial charge on any atom is 0.174 e. The van der Waals surface area contributed by atoms with E-state index in [4.69, 9.17) is 28.2 Å². The molecule has 26 heavy (non-hydrogen) atoms. The normalized spacial score (nSPS) is 19.6. The van der Waals surface area contributed by atoms with Crippen LogP contribution in [-0.2, 0) is 0 Å². The van der Waals surface area contributed by atoms with Crippen molar-refractivity contribution in [2.24, 2.45) is 0 Å². The summed E-state index contributed by atoms with van der Waals surface area (Å²) < 4.78 is 5.91. The number of benzene rings is 1. The second-order valence-electron chi connectivity index (χ2n) is 6.08. The summed E-state index contributed by atoms with van der Waals surface area (Å²) in [5.74, 6) is 1.62. The van der Waals surface area contributed by atoms with Gasteiger partial charge in [-0.05, 0) is 61.6 Å². The molecule has 132 valence electrons. The van der Waals surface area contributed by atoms with Gasteiger partial charge in [-0.3, -0.25) is 4.98 Å². The highest BCUT2D eigenvalue weighted by Gasteiger charge is 2.43. The number of anilines is 1. The van der Waals surface area contributed by atoms with E-state index in [0.717, 1.165) is 17.2 Å². The quantitative estimate of drug-likeness (QED) is 0.646. The monoisotopic (exact) mass is 385 g/mol. The first-order valence-corrected chi connectivity index (χ1v) is 8.89. The van der Waals surface area contributed by atoms with Crippen molar-refractivity contribution in [3.8, 4) is 5.75 Å². The van der Waals surface area contributed by atoms with Crippen molar-refractivity contribution in [2.45, 2.75) is 19.0 Å². The van der Waals surface area contributed by atoms with Crippen molar-refractivity contribution in [2.75, 3.05) is 4.90 Å². The van der Waals surface area contributed by atoms with Gasteiger partial charge in [-0.15, -0.1) is 0 Å². The Morgan fingerprint density at radius 3 is 2.77 bits per heavy atom. The van der Waals surface area contributed by atoms with Crippen molar-refractivity contribution < 1.29 is 9.52 Å². The number of aromatic hydroxyl groups is 1. The summed E-state index contributed by atoms with van der Waals surface area (Å²) in [4.78, 5) is 6.29. The number of halogens is 1. The minimum atomic E-state index is -0.310. The Hall–Kier alpha value is -2.57. The second-order valence-corrected chi connectivity index (χ2v) is 6.90. The molecule has 0 unspecified atom stereocenters. The number of aryl methyl sites for hydroxylation is 1. The fraction of sp³-hybridized carbons (Fsp3) is 0.158. The summed E-state index contributed by atoms with van der Waals surface area (Å²) in [6.45, 7) is 1.89. The number of nitrogens with zero attached hydrogens (tertiary/aromatic N) is 2. The first-order chi connectivity index (χ1) is 12.5. The fourth-order valence-corrected chi connectivity index (χ4v) is 3.71. The van der Waals surface area contributed by atoms with Crippen LogP contribution in [0.25, 0.3) is 0 Å². The van der Waals surface area contributed by atoms with Crippen molar-refractivity contribution in [1.82, 2.24) is 10.3 Å². The van der Waals surface area contributed by atoms with Crippen LogP contribution in [-0.4, -0.2) is 15.2 Å². The third-order valence-electron chi connectivity index (χ3n) is 4.35. The molecule has 3 aromatic rings. The number of phenols is 1. The largest absolute Gasteiger partial charge is 0.506 e. The van der Waals surface area contributed by atoms with Gasteiger partial charge in [-0.25, -0.2) is 0 Å². The summed E-state index contributed by atoms with van der Waals surface area (Å²) in [6, 6.07) is 13.9. The van der Waals surface area contributed by atoms with Gasteiger partial charge in [0.05, 0.1) is 17.4 Å². The lowest BCUT2D eigenvalue weighted by molar-refractivity contribution is 0.415. The number of aromatic nitrogens is 1. The summed E-state index contributed by atoms with van der Waals surface area (Å²) in [6.07, 6.45) is 1.74. The predicted octanol–water partition coefficient (Wildman–Crippen LogP) is 4.52. The molecule has 2 atom stereocenters. The SMILES string of the molecule is Cc1ccc([C@@H]2[C@H](c3ccccn3)NC(=S)N2c2cc(Cl)ccc2O)o1. The Bertz CT molecular complexity index is 960. The molecule has 7 heteroatoms. The van der Waals surface area contributed by atoms with Gasteiger partial charge in [0.15, 0.2) is 5.11 Å². The van der Waals surface area contributed by atoms with Crippen molar-refractivity contribution in [3.05, 3.63) is 77.0 Å². The van der Waals surface area contributed by atoms with E-state index < -0.39 is 0 Å². The molecule has 1 aliphatic heterocycles. The Morgan fingerprint density at radius 1 is 1.23 bits per heavy atom. The van der Waals surface area contributed by atoms with Crippen LogP contribution in [0.15, 0.2) is 59.1 Å². The van der Waals surface area contributed by atoms with Gasteiger partial charge >= 0.3 is 0 Å². The van der Waals surface area contributed by atoms with Gasteiger partial charge < -0.3 is 19.7 Å². The third-order valence-corrected chi connectivity index (χ3v) is 4.90. The number of hydrogen-bond donors (Lipinski definition) is 2. The van der Waals surface area contributed by atoms with Crippen LogP contribution in [0.1, 0.15) is 29.3 Å². The summed E-state index contributed by atoms with van der Waals surface area (Å²) >= 11 is 11.7. The van der Waals surface area contributed by atoms with Crippen LogP contribution in [0.3, 0.4) is 0 Å². The summed E-state index contributed by atoms with van der Waals surface area (Å²) in [7, 11) is 0. The van der Waals surface area contributed by atoms with E-state index in [-0.39, 0.29) is 17.8 Å². The third kappa shape index (κ3) is 2.91. The molecular formula is C19H16ClN3O2S. The van der Waals surface area contributed by atoms with Crippen molar-refractivity contribution in [3.63, 3.8) is 0 Å². The predicted molar refractivity (Wildman–Crippen MR) is 104 cm³/mol. The van der Waals surface area contributed by atoms with Crippen LogP contribution < -0.4 is 10.2 Å². The molecule has 1 fully saturated rings. The van der Waals surface area contributed by atoms with Gasteiger partial charge in [0.25, 0.3) is 0 Å². The van der Waals surface area contributed by atoms with Gasteiger partial charge in [0.1, 0.15) is 23.3 Å². The van der Waals surface area contributed by atoms with Gasteiger partial charge in [-0.1, -0.05) is 17.7 Å². The number of furan rings is 1. The first kappa shape index (κ1) is 16.9. The van der Waals surface area contributed by atoms with Crippen LogP contribution >= 0.6 is 23.8 Å². The molecule has 2 N–H and O–H groups in total. The Kier molecular flexibility index (Phi) is 4.30. The topological polar surface area (TPSA) is 61.5 Å². The number of rotatable bonds is 3. The van der Waals surface area contributed by atoms with Crippen LogP contribution in [0.4, 0.5) is 5.69 Å². The lowest BCUT2D eigenvalue weighted by atomic mass is 10.0. The molecule has 1 aromatic carbocycles. The number of hydrogen-bond acceptors (Lipinski definition) is 4. The van der Waals surface area contributed by atoms with Crippen molar-refractivity contribution >= 4 is 34.6 Å². The van der Waals surface area contributed by atoms with E-state index in [1.807, 2.05) is 42.2 Å². The van der Waals surface area contributed by atoms with Crippen molar-refractivity contribution in [1.29, 1.82) is 0 Å². The van der Waals surface area contributed by atoms with E-state index in [0.29, 0.717) is 15.8 Å². The minimum Gasteiger partial charge on any atom is -0.506 e. The highest BCUT2D eigenvalue weighted by Crippen LogP contribution is 2.45. The van der Waals surface area contributed by atoms with Gasteiger partial charge in [-0.2, -0.15) is 0 Å². The first-order valence-electron chi connectivity index (χ1n) is 8.10. The number of thiocarbonyl (C=S) groups is 1. The molecule has 1 aliphatic rings. The van der Waals surface area contributed by atoms with Gasteiger partial charge in [0, 0.05) is 11.2 Å². The van der Waals surface area contributed by atoms with E-state index in [9.17, 15) is 5.11 Å². The zero-order chi connectivity index (χ0) is 18.3. The molecule has 2 aromatic heterocycles. The molecule has 0 saturated carbocycles. The summed E-state index contributed by atoms with van der Waals surface area (Å²) in [5, 5.41) is 14.7. The second kappa shape index (κ2) is 6.63. The Labute approximate surface area is 161 Å². The molecular weight excluding hydrogens is 370 g/mol. The highest BCUT2D eigenvalue weighted by molar-refractivity contribution is 7.80. The lowest BCUT2D eigenvalue weighted by Gasteiger charge is -2.26. The van der Waals surface area contributed by atoms with E-state index >= 15 is 0 Å². The molecule has 0 spiro atoms. The maximum atomic E-state index is 10.4. The zero-order valence-electron chi connectivity index (χ0n) is 13.9. The Morgan fingerprint density at radius 2 is 2.08 bits per heavy atom. The van der Waals surface area contributed by atoms with Gasteiger partial charge in [0.2, 0.25) is 0 Å². The molecule has 0 radical (unpaired) electrons. The molecule has 0 bridgehead atoms. The molecule has 4 rings (SSSR count). The molecule has 0 amide bonds. The van der Waals surface area contributed by atoms with E-state index in [1.165, 1.54) is 0 Å². The van der Waals surface area contributed by atoms with Crippen LogP contribution in [0, 0.1) is 6.92 Å². The Balaban J connectivity index is 1.86. The maximum absolute atomic E-state index is 10.4. The fourth-order valence-electron chi connectivity index (χ4n) is 3.21. The molecule has 1 saturated heterocycles. The number of pyridine rings is 1. The van der Waals surface area contributed by atoms with Crippen LogP contribution in [0.2, 0.25) is 5.02 Å². The minimum absolute atomic E-state index is 0.0912. The smallest absolute Gasteiger partial charge is 0.174 e.